The number of aliphatic imine (C=N–C) groups is 5. The summed E-state index contributed by atoms with van der Waals surface area (Å²) < 4.78 is 23.8. The Morgan fingerprint density at radius 2 is 1.05 bits per heavy atom. The first-order valence-electron chi connectivity index (χ1n) is 45.1. The molecule has 9 heterocycles. The number of H-pyrrole nitrogens is 1. The number of nitrogens with one attached hydrogen (secondary N) is 3. The first-order chi connectivity index (χ1) is 65.3. The number of halogens is 2. The van der Waals surface area contributed by atoms with E-state index >= 15 is 0 Å². The molecule has 136 heavy (non-hydrogen) atoms. The SMILES string of the molecule is CN1C(=O)C(c2ccccc2)(c2cccc(NC(=O)c3ccco3)c2)N=C1N.CN1C(=O)C(c2cccnc2)(c2cccc(-c3cccc(Cl)c3)c2)N=C1N.CN1C(=O)C[C@@](C)(c2cccc(-c3cccc(F)c3)c2)N=C1N.CN1C(=O)[C@@](CCC2CCCCC2)(C[C@H]2CCC[C@@H](NC(=O)c3cc4ccccc4[nH]3)C2)N=C1N.COc1cncc(-c2cccc(C3(C)N=C(N)N(C)C3=O)c2)c1. The van der Waals surface area contributed by atoms with Crippen LogP contribution in [0.5, 0.6) is 5.75 Å². The van der Waals surface area contributed by atoms with Gasteiger partial charge in [0, 0.05) is 92.6 Å². The fraction of sp³-hybridized carbons (Fsp3) is 0.276. The van der Waals surface area contributed by atoms with Crippen LogP contribution >= 0.6 is 11.6 Å². The number of guanidine groups is 5. The smallest absolute Gasteiger partial charge is 0.291 e. The number of aromatic amines is 1. The molecular formula is C105H110ClFN20O9. The number of nitrogens with two attached hydrogens (primary N) is 5. The van der Waals surface area contributed by atoms with E-state index in [2.05, 4.69) is 45.6 Å². The average molecular weight is 1850 g/mol. The second-order valence-corrected chi connectivity index (χ2v) is 35.9. The highest BCUT2D eigenvalue weighted by Crippen LogP contribution is 2.46. The van der Waals surface area contributed by atoms with Crippen molar-refractivity contribution >= 4 is 99.3 Å². The first kappa shape index (κ1) is 95.2. The van der Waals surface area contributed by atoms with E-state index < -0.39 is 27.7 Å². The standard InChI is InChI=1S/C28H39N5O2.C21H17ClN4O.C21H18N4O3.C18H18FN3O.C17H18N4O2/c1-33-26(35)28(32-27(33)29,15-14-19-8-3-2-4-9-19)18-20-10-7-12-22(16-20)30-25(34)24-17-21-11-5-6-13-23(21)31-24;1-26-19(27)21(25-20(26)23,17-8-4-10-24-13-17)16-7-2-5-14(11-16)15-6-3-9-18(22)12-15;1-25-19(27)21(24-20(25)22,14-7-3-2-4-8-14)15-9-5-10-16(13-15)23-18(26)17-11-6-12-28-17;1-18(11-16(23)22(2)17(20)21-18)14-7-3-5-12(9-14)13-6-4-8-15(19)10-13;1-17(15(22)21(2)16(18)20-17)13-6-4-5-11(7-13)12-8-14(23-3)10-19-9-12/h5-6,11,13,17,19-20,22,31H,2-4,7-10,12,14-16,18H2,1H3,(H2,29,32)(H,30,34);2-13H,1H3,(H2,23,25);2-13H,1H3,(H2,22,24)(H,23,26);3-10H,11H2,1-2H3,(H2,20,21);4-10H,1-3H3,(H2,18,20)/t20-,22+,28+;;;18-;/m0..0./s1. The Morgan fingerprint density at radius 1 is 0.493 bits per heavy atom. The number of furan rings is 1. The van der Waals surface area contributed by atoms with E-state index in [1.165, 1.54) is 70.1 Å². The highest BCUT2D eigenvalue weighted by molar-refractivity contribution is 6.31. The summed E-state index contributed by atoms with van der Waals surface area (Å²) in [6.07, 6.45) is 21.4. The van der Waals surface area contributed by atoms with Gasteiger partial charge in [0.1, 0.15) is 22.8 Å². The van der Waals surface area contributed by atoms with Crippen molar-refractivity contribution in [3.63, 3.8) is 0 Å². The summed E-state index contributed by atoms with van der Waals surface area (Å²) in [7, 11) is 9.80. The number of para-hydroxylation sites is 1. The van der Waals surface area contributed by atoms with Crippen molar-refractivity contribution in [1.29, 1.82) is 0 Å². The topological polar surface area (TPSA) is 416 Å². The molecule has 0 radical (unpaired) electrons. The van der Waals surface area contributed by atoms with E-state index in [9.17, 15) is 38.0 Å². The summed E-state index contributed by atoms with van der Waals surface area (Å²) in [4.78, 5) is 131. The zero-order chi connectivity index (χ0) is 96.4. The number of fused-ring (bicyclic) bond motifs is 1. The predicted octanol–water partition coefficient (Wildman–Crippen LogP) is 15.4. The van der Waals surface area contributed by atoms with E-state index in [4.69, 9.17) is 54.4 Å². The number of likely N-dealkylation sites (N-methyl/N-ethyl adjacent to an activating group) is 4. The lowest BCUT2D eigenvalue weighted by atomic mass is 9.74. The second kappa shape index (κ2) is 40.5. The fourth-order valence-electron chi connectivity index (χ4n) is 18.7. The molecule has 19 rings (SSSR count). The highest BCUT2D eigenvalue weighted by atomic mass is 35.5. The van der Waals surface area contributed by atoms with Gasteiger partial charge >= 0.3 is 0 Å². The Hall–Kier alpha value is -15.5. The molecule has 5 aliphatic heterocycles. The average Bonchev–Trinajstić information content (AvgIpc) is 1.57. The van der Waals surface area contributed by atoms with E-state index in [0.29, 0.717) is 56.6 Å². The van der Waals surface area contributed by atoms with Crippen molar-refractivity contribution in [3.05, 3.63) is 323 Å². The molecule has 2 aliphatic carbocycles. The second-order valence-electron chi connectivity index (χ2n) is 35.5. The van der Waals surface area contributed by atoms with Crippen LogP contribution in [0.3, 0.4) is 0 Å². The van der Waals surface area contributed by atoms with Crippen molar-refractivity contribution in [2.75, 3.05) is 47.7 Å². The minimum atomic E-state index is -1.30. The number of hydrogen-bond donors (Lipinski definition) is 8. The number of rotatable bonds is 19. The van der Waals surface area contributed by atoms with Gasteiger partial charge in [-0.3, -0.25) is 68.0 Å². The molecule has 8 aromatic carbocycles. The number of carbonyl (C=O) groups is 7. The zero-order valence-electron chi connectivity index (χ0n) is 77.0. The van der Waals surface area contributed by atoms with Gasteiger partial charge in [-0.1, -0.05) is 202 Å². The van der Waals surface area contributed by atoms with E-state index in [0.717, 1.165) is 106 Å². The number of nitrogens with zero attached hydrogens (tertiary/aromatic N) is 12. The molecule has 0 saturated heterocycles. The van der Waals surface area contributed by atoms with Gasteiger partial charge in [-0.25, -0.2) is 29.4 Å². The number of methoxy groups -OCH3 is 1. The summed E-state index contributed by atoms with van der Waals surface area (Å²) in [5.74, 6) is 1.66. The van der Waals surface area contributed by atoms with Crippen LogP contribution in [0.2, 0.25) is 5.02 Å². The summed E-state index contributed by atoms with van der Waals surface area (Å²) in [5.41, 5.74) is 36.6. The minimum Gasteiger partial charge on any atom is -0.495 e. The molecule has 7 atom stereocenters. The predicted molar refractivity (Wildman–Crippen MR) is 526 cm³/mol. The van der Waals surface area contributed by atoms with Crippen molar-refractivity contribution in [2.24, 2.45) is 65.5 Å². The minimum absolute atomic E-state index is 0.0510. The third-order valence-electron chi connectivity index (χ3n) is 26.4. The van der Waals surface area contributed by atoms with Crippen molar-refractivity contribution in [3.8, 4) is 39.1 Å². The number of pyridine rings is 2. The van der Waals surface area contributed by atoms with E-state index in [1.807, 2.05) is 183 Å². The van der Waals surface area contributed by atoms with E-state index in [-0.39, 0.29) is 89.2 Å². The zero-order valence-corrected chi connectivity index (χ0v) is 77.8. The third kappa shape index (κ3) is 20.1. The van der Waals surface area contributed by atoms with Crippen LogP contribution < -0.4 is 44.0 Å². The van der Waals surface area contributed by atoms with Gasteiger partial charge in [0.2, 0.25) is 5.91 Å². The third-order valence-corrected chi connectivity index (χ3v) is 26.6. The van der Waals surface area contributed by atoms with Gasteiger partial charge in [0.15, 0.2) is 52.2 Å². The van der Waals surface area contributed by atoms with Crippen molar-refractivity contribution < 1.29 is 47.1 Å². The monoisotopic (exact) mass is 1850 g/mol. The molecular weight excluding hydrogens is 1740 g/mol. The molecule has 2 saturated carbocycles. The maximum absolute atomic E-state index is 13.4. The molecule has 13 N–H and O–H groups in total. The number of amides is 7. The Labute approximate surface area is 793 Å². The molecule has 29 nitrogen and oxygen atoms in total. The van der Waals surface area contributed by atoms with E-state index in [1.54, 1.807) is 127 Å². The van der Waals surface area contributed by atoms with Crippen LogP contribution in [-0.2, 0) is 46.1 Å². The van der Waals surface area contributed by atoms with Gasteiger partial charge in [0.05, 0.1) is 31.5 Å². The molecule has 0 spiro atoms. The molecule has 3 unspecified atom stereocenters. The molecule has 4 aromatic heterocycles. The first-order valence-corrected chi connectivity index (χ1v) is 45.5. The van der Waals surface area contributed by atoms with Crippen molar-refractivity contribution in [2.45, 2.75) is 131 Å². The number of carbonyl (C=O) groups excluding carboxylic acids is 7. The van der Waals surface area contributed by atoms with Gasteiger partial charge in [-0.15, -0.1) is 0 Å². The fourth-order valence-corrected chi connectivity index (χ4v) is 18.9. The Kier molecular flexibility index (Phi) is 28.4. The molecule has 7 amide bonds. The molecule has 0 bridgehead atoms. The van der Waals surface area contributed by atoms with Crippen LogP contribution in [0.15, 0.2) is 297 Å². The maximum Gasteiger partial charge on any atom is 0.291 e. The van der Waals surface area contributed by atoms with Crippen molar-refractivity contribution in [1.82, 2.24) is 44.8 Å². The number of benzene rings is 8. The maximum atomic E-state index is 13.4. The normalized spacial score (nSPS) is 21.9. The van der Waals surface area contributed by atoms with Gasteiger partial charge in [0.25, 0.3) is 35.4 Å². The van der Waals surface area contributed by atoms with Crippen LogP contribution in [0.25, 0.3) is 44.3 Å². The number of aromatic nitrogens is 3. The van der Waals surface area contributed by atoms with Crippen LogP contribution in [0.1, 0.15) is 152 Å². The van der Waals surface area contributed by atoms with Gasteiger partial charge in [-0.05, 0) is 204 Å². The van der Waals surface area contributed by atoms with Gasteiger partial charge in [-0.2, -0.15) is 0 Å². The number of ether oxygens (including phenoxy) is 1. The lowest BCUT2D eigenvalue weighted by Gasteiger charge is -2.35. The molecule has 698 valence electrons. The summed E-state index contributed by atoms with van der Waals surface area (Å²) in [6, 6.07) is 72.0. The highest BCUT2D eigenvalue weighted by Gasteiger charge is 2.53. The Morgan fingerprint density at radius 3 is 1.66 bits per heavy atom. The largest absolute Gasteiger partial charge is 0.495 e. The van der Waals surface area contributed by atoms with Crippen LogP contribution in [0.4, 0.5) is 10.1 Å². The Bertz CT molecular complexity index is 6610. The summed E-state index contributed by atoms with van der Waals surface area (Å²) in [6.45, 7) is 3.66. The lowest BCUT2D eigenvalue weighted by Crippen LogP contribution is -2.47. The molecule has 12 aromatic rings. The lowest BCUT2D eigenvalue weighted by molar-refractivity contribution is -0.132. The number of anilines is 1. The van der Waals surface area contributed by atoms with Crippen LogP contribution in [-0.4, -0.2) is 165 Å². The summed E-state index contributed by atoms with van der Waals surface area (Å²) >= 11 is 6.14. The van der Waals surface area contributed by atoms with Gasteiger partial charge < -0.3 is 53.4 Å². The molecule has 7 aliphatic rings. The Balaban J connectivity index is 0.000000130. The molecule has 2 fully saturated rings. The summed E-state index contributed by atoms with van der Waals surface area (Å²) in [5, 5.41) is 7.72. The quantitative estimate of drug-likeness (QED) is 0.0373. The molecule has 31 heteroatoms. The van der Waals surface area contributed by atoms with Crippen LogP contribution in [0, 0.1) is 17.7 Å². The number of hydrogen-bond acceptors (Lipinski definition) is 21.